The minimum absolute atomic E-state index is 0.0321. The Morgan fingerprint density at radius 3 is 1.93 bits per heavy atom. The fourth-order valence-electron chi connectivity index (χ4n) is 5.61. The minimum Gasteiger partial charge on any atom is -0.493 e. The number of unbranched alkanes of at least 4 members (excludes halogenated alkanes) is 11. The highest BCUT2D eigenvalue weighted by Gasteiger charge is 2.21. The molecule has 0 aliphatic carbocycles. The van der Waals surface area contributed by atoms with E-state index in [4.69, 9.17) is 4.74 Å². The van der Waals surface area contributed by atoms with E-state index in [1.54, 1.807) is 13.1 Å². The van der Waals surface area contributed by atoms with Crippen LogP contribution in [0.5, 0.6) is 5.75 Å². The van der Waals surface area contributed by atoms with Gasteiger partial charge >= 0.3 is 0 Å². The Morgan fingerprint density at radius 1 is 0.767 bits per heavy atom. The van der Waals surface area contributed by atoms with Crippen LogP contribution in [0, 0.1) is 0 Å². The first-order chi connectivity index (χ1) is 20.8. The van der Waals surface area contributed by atoms with E-state index in [0.29, 0.717) is 6.54 Å². The molecule has 0 aliphatic rings. The van der Waals surface area contributed by atoms with Crippen LogP contribution >= 0.6 is 0 Å². The Bertz CT molecular complexity index is 1200. The first kappa shape index (κ1) is 34.4. The van der Waals surface area contributed by atoms with Crippen molar-refractivity contribution >= 4 is 11.6 Å². The number of anilines is 1. The summed E-state index contributed by atoms with van der Waals surface area (Å²) in [7, 11) is 0. The van der Waals surface area contributed by atoms with E-state index in [2.05, 4.69) is 69.1 Å². The van der Waals surface area contributed by atoms with E-state index in [1.807, 2.05) is 29.3 Å². The number of carbonyl (C=O) groups excluding carboxylic acids is 1. The summed E-state index contributed by atoms with van der Waals surface area (Å²) in [5.74, 6) is 0.998. The number of amides is 1. The molecule has 0 saturated heterocycles. The summed E-state index contributed by atoms with van der Waals surface area (Å²) in [5, 5.41) is 0. The van der Waals surface area contributed by atoms with Crippen molar-refractivity contribution in [2.45, 2.75) is 130 Å². The van der Waals surface area contributed by atoms with Crippen molar-refractivity contribution in [1.29, 1.82) is 0 Å². The smallest absolute Gasteiger partial charge is 0.224 e. The predicted molar refractivity (Wildman–Crippen MR) is 182 cm³/mol. The zero-order valence-corrected chi connectivity index (χ0v) is 27.7. The molecule has 0 unspecified atom stereocenters. The van der Waals surface area contributed by atoms with Gasteiger partial charge in [-0.3, -0.25) is 9.78 Å². The summed E-state index contributed by atoms with van der Waals surface area (Å²) in [5.41, 5.74) is 5.53. The van der Waals surface area contributed by atoms with Gasteiger partial charge in [0.1, 0.15) is 5.75 Å². The molecule has 0 saturated carbocycles. The highest BCUT2D eigenvalue weighted by Crippen LogP contribution is 2.33. The number of benzene rings is 2. The molecule has 0 radical (unpaired) electrons. The second-order valence-corrected chi connectivity index (χ2v) is 13.1. The molecule has 3 rings (SSSR count). The zero-order valence-electron chi connectivity index (χ0n) is 27.7. The van der Waals surface area contributed by atoms with Crippen molar-refractivity contribution in [3.8, 4) is 5.75 Å². The molecule has 0 bridgehead atoms. The second kappa shape index (κ2) is 18.5. The Balaban J connectivity index is 1.49. The van der Waals surface area contributed by atoms with Gasteiger partial charge in [0.15, 0.2) is 0 Å². The van der Waals surface area contributed by atoms with E-state index in [0.717, 1.165) is 36.4 Å². The Morgan fingerprint density at radius 2 is 1.37 bits per heavy atom. The molecule has 0 spiro atoms. The van der Waals surface area contributed by atoms with E-state index in [1.165, 1.54) is 87.3 Å². The van der Waals surface area contributed by atoms with Gasteiger partial charge in [0, 0.05) is 25.0 Å². The maximum atomic E-state index is 12.7. The third-order valence-corrected chi connectivity index (χ3v) is 8.21. The van der Waals surface area contributed by atoms with E-state index >= 15 is 0 Å². The Hall–Kier alpha value is -3.14. The topological polar surface area (TPSA) is 42.4 Å². The third-order valence-electron chi connectivity index (χ3n) is 8.21. The normalized spacial score (nSPS) is 11.5. The van der Waals surface area contributed by atoms with E-state index in [9.17, 15) is 4.79 Å². The molecule has 1 heterocycles. The molecule has 3 aromatic rings. The minimum atomic E-state index is -0.0587. The third kappa shape index (κ3) is 12.6. The van der Waals surface area contributed by atoms with Crippen molar-refractivity contribution < 1.29 is 9.53 Å². The Labute approximate surface area is 262 Å². The maximum Gasteiger partial charge on any atom is 0.224 e. The van der Waals surface area contributed by atoms with Crippen molar-refractivity contribution in [3.05, 3.63) is 89.2 Å². The molecule has 0 aliphatic heterocycles. The molecule has 2 aromatic carbocycles. The molecule has 4 heteroatoms. The summed E-state index contributed by atoms with van der Waals surface area (Å²) in [6.07, 6.45) is 20.6. The van der Waals surface area contributed by atoms with Gasteiger partial charge in [-0.25, -0.2) is 0 Å². The van der Waals surface area contributed by atoms with Crippen LogP contribution < -0.4 is 9.64 Å². The zero-order chi connectivity index (χ0) is 30.9. The molecule has 1 amide bonds. The summed E-state index contributed by atoms with van der Waals surface area (Å²) >= 11 is 0. The standard InChI is InChI=1S/C39H56N2O2/c1-6-7-8-9-10-11-12-13-14-15-16-17-27-43-38-25-22-35(29-37(38)39(3,4)5)31-41(32(2)42)36-23-20-33(21-24-36)28-34-19-18-26-40-30-34/h18-26,29-30H,6-17,27-28,31H2,1-5H3. The summed E-state index contributed by atoms with van der Waals surface area (Å²) in [6, 6.07) is 18.8. The number of nitrogens with zero attached hydrogens (tertiary/aromatic N) is 2. The molecular formula is C39H56N2O2. The van der Waals surface area contributed by atoms with Crippen molar-refractivity contribution in [3.63, 3.8) is 0 Å². The number of carbonyl (C=O) groups is 1. The van der Waals surface area contributed by atoms with Crippen molar-refractivity contribution in [2.24, 2.45) is 0 Å². The fraction of sp³-hybridized carbons (Fsp3) is 0.538. The lowest BCUT2D eigenvalue weighted by Gasteiger charge is -2.26. The molecular weight excluding hydrogens is 528 g/mol. The molecule has 0 atom stereocenters. The summed E-state index contributed by atoms with van der Waals surface area (Å²) in [6.45, 7) is 11.9. The van der Waals surface area contributed by atoms with Gasteiger partial charge in [-0.2, -0.15) is 0 Å². The van der Waals surface area contributed by atoms with Crippen LogP contribution in [0.25, 0.3) is 0 Å². The first-order valence-corrected chi connectivity index (χ1v) is 16.8. The van der Waals surface area contributed by atoms with Crippen molar-refractivity contribution in [2.75, 3.05) is 11.5 Å². The molecule has 43 heavy (non-hydrogen) atoms. The number of hydrogen-bond donors (Lipinski definition) is 0. The van der Waals surface area contributed by atoms with E-state index < -0.39 is 0 Å². The second-order valence-electron chi connectivity index (χ2n) is 13.1. The molecule has 1 aromatic heterocycles. The Kier molecular flexibility index (Phi) is 14.8. The average Bonchev–Trinajstić information content (AvgIpc) is 2.99. The van der Waals surface area contributed by atoms with Gasteiger partial charge in [0.25, 0.3) is 0 Å². The number of rotatable bonds is 19. The lowest BCUT2D eigenvalue weighted by molar-refractivity contribution is -0.116. The average molecular weight is 585 g/mol. The lowest BCUT2D eigenvalue weighted by Crippen LogP contribution is -2.28. The van der Waals surface area contributed by atoms with Crippen LogP contribution in [0.4, 0.5) is 5.69 Å². The van der Waals surface area contributed by atoms with Gasteiger partial charge < -0.3 is 9.64 Å². The maximum absolute atomic E-state index is 12.7. The van der Waals surface area contributed by atoms with Crippen molar-refractivity contribution in [1.82, 2.24) is 4.98 Å². The van der Waals surface area contributed by atoms with Gasteiger partial charge in [-0.15, -0.1) is 0 Å². The quantitative estimate of drug-likeness (QED) is 0.132. The van der Waals surface area contributed by atoms with Gasteiger partial charge in [0.2, 0.25) is 5.91 Å². The summed E-state index contributed by atoms with van der Waals surface area (Å²) in [4.78, 5) is 18.8. The fourth-order valence-corrected chi connectivity index (χ4v) is 5.61. The molecule has 0 fully saturated rings. The van der Waals surface area contributed by atoms with Crippen LogP contribution in [0.2, 0.25) is 0 Å². The monoisotopic (exact) mass is 584 g/mol. The largest absolute Gasteiger partial charge is 0.493 e. The number of ether oxygens (including phenoxy) is 1. The van der Waals surface area contributed by atoms with E-state index in [-0.39, 0.29) is 11.3 Å². The lowest BCUT2D eigenvalue weighted by atomic mass is 9.85. The highest BCUT2D eigenvalue weighted by molar-refractivity contribution is 5.91. The van der Waals surface area contributed by atoms with Gasteiger partial charge in [-0.1, -0.05) is 123 Å². The van der Waals surface area contributed by atoms with Crippen LogP contribution in [0.1, 0.15) is 134 Å². The molecule has 4 nitrogen and oxygen atoms in total. The number of hydrogen-bond acceptors (Lipinski definition) is 3. The SMILES string of the molecule is CCCCCCCCCCCCCCOc1ccc(CN(C(C)=O)c2ccc(Cc3cccnc3)cc2)cc1C(C)(C)C. The molecule has 0 N–H and O–H groups in total. The van der Waals surface area contributed by atoms with Gasteiger partial charge in [-0.05, 0) is 70.8 Å². The first-order valence-electron chi connectivity index (χ1n) is 16.8. The number of pyridine rings is 1. The van der Waals surface area contributed by atoms with Crippen LogP contribution in [-0.2, 0) is 23.2 Å². The van der Waals surface area contributed by atoms with Crippen LogP contribution in [0.3, 0.4) is 0 Å². The summed E-state index contributed by atoms with van der Waals surface area (Å²) < 4.78 is 6.32. The van der Waals surface area contributed by atoms with Gasteiger partial charge in [0.05, 0.1) is 13.2 Å². The number of aromatic nitrogens is 1. The predicted octanol–water partition coefficient (Wildman–Crippen LogP) is 10.6. The van der Waals surface area contributed by atoms with Crippen LogP contribution in [0.15, 0.2) is 67.0 Å². The molecule has 234 valence electrons. The highest BCUT2D eigenvalue weighted by atomic mass is 16.5. The van der Waals surface area contributed by atoms with Crippen LogP contribution in [-0.4, -0.2) is 17.5 Å².